The van der Waals surface area contributed by atoms with Crippen molar-refractivity contribution in [2.24, 2.45) is 0 Å². The summed E-state index contributed by atoms with van der Waals surface area (Å²) in [5, 5.41) is 12.4. The van der Waals surface area contributed by atoms with Gasteiger partial charge in [0.1, 0.15) is 46.1 Å². The molecular weight excluding hydrogens is 981 g/mol. The van der Waals surface area contributed by atoms with E-state index in [4.69, 9.17) is 33.2 Å². The summed E-state index contributed by atoms with van der Waals surface area (Å²) in [5.74, 6) is 0.605. The second kappa shape index (κ2) is 24.2. The van der Waals surface area contributed by atoms with Gasteiger partial charge in [-0.1, -0.05) is 72.8 Å². The predicted octanol–water partition coefficient (Wildman–Crippen LogP) is 7.73. The van der Waals surface area contributed by atoms with Gasteiger partial charge < -0.3 is 54.4 Å². The van der Waals surface area contributed by atoms with Crippen molar-refractivity contribution in [3.05, 3.63) is 130 Å². The molecule has 6 unspecified atom stereocenters. The molecule has 17 heteroatoms. The molecule has 416 valence electrons. The Balaban J connectivity index is 1.02. The van der Waals surface area contributed by atoms with Crippen LogP contribution in [0.1, 0.15) is 115 Å². The molecule has 77 heavy (non-hydrogen) atoms. The van der Waals surface area contributed by atoms with Crippen LogP contribution in [0.4, 0.5) is 9.59 Å². The van der Waals surface area contributed by atoms with Crippen LogP contribution in [0, 0.1) is 0 Å². The van der Waals surface area contributed by atoms with E-state index >= 15 is 0 Å². The fourth-order valence-corrected chi connectivity index (χ4v) is 10.4. The number of ether oxygens (including phenoxy) is 7. The first-order valence-corrected chi connectivity index (χ1v) is 27.0. The zero-order valence-electron chi connectivity index (χ0n) is 46.6. The van der Waals surface area contributed by atoms with Gasteiger partial charge >= 0.3 is 12.2 Å². The molecule has 4 aromatic rings. The van der Waals surface area contributed by atoms with Gasteiger partial charge in [0.05, 0.1) is 50.3 Å². The molecule has 0 aliphatic carbocycles. The molecule has 4 aliphatic heterocycles. The number of hydrogen-bond acceptors (Lipinski definition) is 13. The molecular formula is C60H80N6O11. The first-order valence-electron chi connectivity index (χ1n) is 27.0. The number of benzene rings is 4. The summed E-state index contributed by atoms with van der Waals surface area (Å²) in [6, 6.07) is 29.8. The monoisotopic (exact) mass is 1060 g/mol. The quantitative estimate of drug-likeness (QED) is 0.0855. The van der Waals surface area contributed by atoms with Crippen molar-refractivity contribution in [3.8, 4) is 11.5 Å². The lowest BCUT2D eigenvalue weighted by molar-refractivity contribution is -0.187. The van der Waals surface area contributed by atoms with Gasteiger partial charge in [-0.3, -0.25) is 19.4 Å². The molecule has 2 fully saturated rings. The van der Waals surface area contributed by atoms with Crippen molar-refractivity contribution in [3.63, 3.8) is 0 Å². The van der Waals surface area contributed by atoms with E-state index in [0.717, 1.165) is 26.2 Å². The van der Waals surface area contributed by atoms with Gasteiger partial charge in [-0.15, -0.1) is 0 Å². The number of rotatable bonds is 16. The van der Waals surface area contributed by atoms with E-state index in [1.807, 2.05) is 100 Å². The molecule has 4 aromatic carbocycles. The third-order valence-electron chi connectivity index (χ3n) is 13.9. The molecule has 8 rings (SSSR count). The van der Waals surface area contributed by atoms with Gasteiger partial charge in [-0.05, 0) is 116 Å². The maximum absolute atomic E-state index is 13.9. The van der Waals surface area contributed by atoms with Crippen LogP contribution in [0.15, 0.2) is 97.1 Å². The molecule has 4 heterocycles. The number of fused-ring (bicyclic) bond motifs is 2. The Hall–Kier alpha value is -6.24. The van der Waals surface area contributed by atoms with Gasteiger partial charge in [0, 0.05) is 63.5 Å². The summed E-state index contributed by atoms with van der Waals surface area (Å²) in [7, 11) is 0. The smallest absolute Gasteiger partial charge is 0.408 e. The number of alkyl carbamates (subject to hydrolysis) is 2. The largest absolute Gasteiger partial charge is 0.485 e. The Morgan fingerprint density at radius 1 is 0.558 bits per heavy atom. The van der Waals surface area contributed by atoms with E-state index in [1.54, 1.807) is 41.5 Å². The number of carbonyl (C=O) groups is 4. The molecule has 17 nitrogen and oxygen atoms in total. The van der Waals surface area contributed by atoms with Gasteiger partial charge in [-0.25, -0.2) is 9.59 Å². The highest BCUT2D eigenvalue weighted by molar-refractivity contribution is 5.79. The Bertz CT molecular complexity index is 2490. The van der Waals surface area contributed by atoms with Crippen molar-refractivity contribution in [2.75, 3.05) is 52.5 Å². The van der Waals surface area contributed by atoms with E-state index in [0.29, 0.717) is 73.1 Å². The van der Waals surface area contributed by atoms with E-state index < -0.39 is 58.9 Å². The fraction of sp³-hybridized carbons (Fsp3) is 0.533. The number of nitrogens with one attached hydrogen (secondary N) is 4. The topological polar surface area (TPSA) is 187 Å². The highest BCUT2D eigenvalue weighted by Gasteiger charge is 2.53. The lowest BCUT2D eigenvalue weighted by Crippen LogP contribution is -2.62. The number of amides is 4. The van der Waals surface area contributed by atoms with Crippen molar-refractivity contribution >= 4 is 24.0 Å². The van der Waals surface area contributed by atoms with Crippen molar-refractivity contribution in [1.29, 1.82) is 0 Å². The minimum atomic E-state index is -1.12. The van der Waals surface area contributed by atoms with Crippen LogP contribution in [-0.2, 0) is 59.2 Å². The van der Waals surface area contributed by atoms with Gasteiger partial charge in [0.2, 0.25) is 11.8 Å². The number of nitrogens with zero attached hydrogens (tertiary/aromatic N) is 2. The summed E-state index contributed by atoms with van der Waals surface area (Å²) in [4.78, 5) is 59.9. The predicted molar refractivity (Wildman–Crippen MR) is 292 cm³/mol. The Morgan fingerprint density at radius 2 is 0.948 bits per heavy atom. The summed E-state index contributed by atoms with van der Waals surface area (Å²) in [6.07, 6.45) is -3.52. The second-order valence-corrected chi connectivity index (χ2v) is 23.8. The molecule has 0 bridgehead atoms. The lowest BCUT2D eigenvalue weighted by atomic mass is 9.82. The Labute approximate surface area is 454 Å². The third kappa shape index (κ3) is 15.9. The number of hydrogen-bond donors (Lipinski definition) is 4. The standard InChI is InChI=1S/C60H80N6O11/c1-57(2,3)76-55(69)63-51-45-29-41(31-49(67)61-33-43-37-65(25-27-71-43)35-39-17-13-11-14-18-39)21-23-47(45)74-59(7,8)53(51)73-54-52(64-56(70)77-58(4,5)6)46-30-42(22-24-48(46)75-60(54,9)10)32-50(68)62-34-44-38-66(26-28-72-44)36-40-19-15-12-16-20-40/h11-24,29-30,43-44,51-54H,25-28,31-38H2,1-10H3,(H,61,67)(H,62,68)(H,63,69)(H,64,70). The van der Waals surface area contributed by atoms with Crippen molar-refractivity contribution < 1.29 is 52.3 Å². The fourth-order valence-electron chi connectivity index (χ4n) is 10.4. The Kier molecular flexibility index (Phi) is 17.9. The number of morpholine rings is 2. The lowest BCUT2D eigenvalue weighted by Gasteiger charge is -2.51. The molecule has 2 saturated heterocycles. The van der Waals surface area contributed by atoms with Crippen LogP contribution in [0.25, 0.3) is 0 Å². The van der Waals surface area contributed by atoms with Crippen LogP contribution in [-0.4, -0.2) is 133 Å². The first kappa shape index (κ1) is 56.9. The van der Waals surface area contributed by atoms with Crippen LogP contribution in [0.5, 0.6) is 11.5 Å². The molecule has 6 atom stereocenters. The van der Waals surface area contributed by atoms with Crippen LogP contribution in [0.3, 0.4) is 0 Å². The van der Waals surface area contributed by atoms with Crippen molar-refractivity contribution in [1.82, 2.24) is 31.1 Å². The summed E-state index contributed by atoms with van der Waals surface area (Å²) >= 11 is 0. The third-order valence-corrected chi connectivity index (χ3v) is 13.9. The summed E-state index contributed by atoms with van der Waals surface area (Å²) < 4.78 is 44.6. The zero-order chi connectivity index (χ0) is 55.1. The van der Waals surface area contributed by atoms with E-state index in [9.17, 15) is 19.2 Å². The van der Waals surface area contributed by atoms with E-state index in [2.05, 4.69) is 55.3 Å². The zero-order valence-corrected chi connectivity index (χ0v) is 46.6. The van der Waals surface area contributed by atoms with Crippen LogP contribution >= 0.6 is 0 Å². The molecule has 4 N–H and O–H groups in total. The average molecular weight is 1060 g/mol. The summed E-state index contributed by atoms with van der Waals surface area (Å²) in [5.41, 5.74) is 1.05. The SMILES string of the molecule is CC(C)(C)OC(=O)NC1c2cc(CC(=O)NCC3CN(Cc4ccccc4)CCO3)ccc2OC(C)(C)C1OC1C(NC(=O)OC(C)(C)C)c2cc(CC(=O)NCC3CN(Cc4ccccc4)CCO3)ccc2OC1(C)C. The van der Waals surface area contributed by atoms with Crippen LogP contribution < -0.4 is 30.7 Å². The average Bonchev–Trinajstić information content (AvgIpc) is 3.35. The van der Waals surface area contributed by atoms with Crippen LogP contribution in [0.2, 0.25) is 0 Å². The second-order valence-electron chi connectivity index (χ2n) is 23.8. The highest BCUT2D eigenvalue weighted by atomic mass is 16.6. The minimum Gasteiger partial charge on any atom is -0.485 e. The number of carbonyl (C=O) groups excluding carboxylic acids is 4. The van der Waals surface area contributed by atoms with Gasteiger partial charge in [0.15, 0.2) is 0 Å². The Morgan fingerprint density at radius 3 is 1.32 bits per heavy atom. The molecule has 0 spiro atoms. The highest BCUT2D eigenvalue weighted by Crippen LogP contribution is 2.48. The van der Waals surface area contributed by atoms with E-state index in [-0.39, 0.29) is 36.9 Å². The molecule has 0 saturated carbocycles. The summed E-state index contributed by atoms with van der Waals surface area (Å²) in [6.45, 7) is 24.7. The van der Waals surface area contributed by atoms with Gasteiger partial charge in [0.25, 0.3) is 0 Å². The maximum atomic E-state index is 13.9. The molecule has 0 aromatic heterocycles. The van der Waals surface area contributed by atoms with Crippen molar-refractivity contribution in [2.45, 2.75) is 154 Å². The molecule has 4 aliphatic rings. The van der Waals surface area contributed by atoms with Gasteiger partial charge in [-0.2, -0.15) is 0 Å². The first-order chi connectivity index (χ1) is 36.4. The maximum Gasteiger partial charge on any atom is 0.408 e. The molecule has 0 radical (unpaired) electrons. The molecule has 4 amide bonds. The van der Waals surface area contributed by atoms with E-state index in [1.165, 1.54) is 11.1 Å². The minimum absolute atomic E-state index is 0.0477. The normalized spacial score (nSPS) is 23.1.